The van der Waals surface area contributed by atoms with Gasteiger partial charge in [-0.25, -0.2) is 9.59 Å². The van der Waals surface area contributed by atoms with E-state index in [1.807, 2.05) is 69.3 Å². The second-order valence-corrected chi connectivity index (χ2v) is 8.06. The Bertz CT molecular complexity index is 821. The van der Waals surface area contributed by atoms with Gasteiger partial charge in [0.05, 0.1) is 6.04 Å². The third kappa shape index (κ3) is 5.94. The summed E-state index contributed by atoms with van der Waals surface area (Å²) in [6, 6.07) is 14.8. The number of nitrogens with zero attached hydrogens (tertiary/aromatic N) is 2. The maximum absolute atomic E-state index is 12.5. The molecule has 2 aromatic rings. The van der Waals surface area contributed by atoms with Crippen molar-refractivity contribution in [1.82, 2.24) is 15.2 Å². The third-order valence-electron chi connectivity index (χ3n) is 4.56. The van der Waals surface area contributed by atoms with Crippen molar-refractivity contribution in [3.63, 3.8) is 0 Å². The lowest BCUT2D eigenvalue weighted by Crippen LogP contribution is -2.41. The molecule has 2 atom stereocenters. The quantitative estimate of drug-likeness (QED) is 0.851. The van der Waals surface area contributed by atoms with E-state index >= 15 is 0 Å². The molecule has 2 heterocycles. The van der Waals surface area contributed by atoms with E-state index < -0.39 is 17.8 Å². The SMILES string of the molecule is CC(C)(C)OC(=O)N1C[C@@H](NC(=O)OCc2ccccc2)[C@H](c2ccccn2)C1. The molecule has 0 saturated carbocycles. The molecule has 0 aliphatic carbocycles. The largest absolute Gasteiger partial charge is 0.445 e. The van der Waals surface area contributed by atoms with Crippen molar-refractivity contribution in [3.8, 4) is 0 Å². The Morgan fingerprint density at radius 1 is 1.10 bits per heavy atom. The zero-order valence-corrected chi connectivity index (χ0v) is 17.0. The Balaban J connectivity index is 1.66. The molecule has 2 amide bonds. The van der Waals surface area contributed by atoms with Crippen molar-refractivity contribution in [3.05, 3.63) is 66.0 Å². The van der Waals surface area contributed by atoms with Crippen LogP contribution >= 0.6 is 0 Å². The standard InChI is InChI=1S/C22H27N3O4/c1-22(2,3)29-21(27)25-13-17(18-11-7-8-12-23-18)19(14-25)24-20(26)28-15-16-9-5-4-6-10-16/h4-12,17,19H,13-15H2,1-3H3,(H,24,26)/t17-,19+/m0/s1. The van der Waals surface area contributed by atoms with Gasteiger partial charge in [0.25, 0.3) is 0 Å². The number of alkyl carbamates (subject to hydrolysis) is 1. The highest BCUT2D eigenvalue weighted by atomic mass is 16.6. The molecule has 0 spiro atoms. The van der Waals surface area contributed by atoms with Crippen LogP contribution in [0.3, 0.4) is 0 Å². The van der Waals surface area contributed by atoms with E-state index in [1.54, 1.807) is 11.1 Å². The minimum absolute atomic E-state index is 0.145. The number of ether oxygens (including phenoxy) is 2. The molecule has 1 aromatic heterocycles. The first-order valence-electron chi connectivity index (χ1n) is 9.68. The molecule has 29 heavy (non-hydrogen) atoms. The number of carbonyl (C=O) groups excluding carboxylic acids is 2. The van der Waals surface area contributed by atoms with Crippen molar-refractivity contribution >= 4 is 12.2 Å². The molecule has 0 radical (unpaired) electrons. The summed E-state index contributed by atoms with van der Waals surface area (Å²) in [6.45, 7) is 6.41. The number of likely N-dealkylation sites (tertiary alicyclic amines) is 1. The second kappa shape index (κ2) is 8.94. The van der Waals surface area contributed by atoms with E-state index in [-0.39, 0.29) is 18.6 Å². The highest BCUT2D eigenvalue weighted by Crippen LogP contribution is 2.27. The van der Waals surface area contributed by atoms with Gasteiger partial charge in [-0.3, -0.25) is 4.98 Å². The summed E-state index contributed by atoms with van der Waals surface area (Å²) in [4.78, 5) is 30.9. The lowest BCUT2D eigenvalue weighted by atomic mass is 9.99. The minimum Gasteiger partial charge on any atom is -0.445 e. The summed E-state index contributed by atoms with van der Waals surface area (Å²) in [6.07, 6.45) is 0.780. The van der Waals surface area contributed by atoms with Crippen LogP contribution in [-0.4, -0.2) is 46.8 Å². The summed E-state index contributed by atoms with van der Waals surface area (Å²) in [5, 5.41) is 2.89. The van der Waals surface area contributed by atoms with Crippen LogP contribution in [0.1, 0.15) is 37.9 Å². The molecule has 7 nitrogen and oxygen atoms in total. The number of benzene rings is 1. The lowest BCUT2D eigenvalue weighted by Gasteiger charge is -2.24. The van der Waals surface area contributed by atoms with Crippen LogP contribution in [0.25, 0.3) is 0 Å². The molecule has 1 aliphatic heterocycles. The predicted molar refractivity (Wildman–Crippen MR) is 108 cm³/mol. The monoisotopic (exact) mass is 397 g/mol. The van der Waals surface area contributed by atoms with Gasteiger partial charge in [0, 0.05) is 30.9 Å². The molecule has 3 rings (SSSR count). The van der Waals surface area contributed by atoms with Crippen LogP contribution in [0.15, 0.2) is 54.7 Å². The van der Waals surface area contributed by atoms with Crippen molar-refractivity contribution in [2.24, 2.45) is 0 Å². The summed E-state index contributed by atoms with van der Waals surface area (Å²) in [7, 11) is 0. The van der Waals surface area contributed by atoms with Crippen molar-refractivity contribution in [2.75, 3.05) is 13.1 Å². The smallest absolute Gasteiger partial charge is 0.410 e. The van der Waals surface area contributed by atoms with E-state index in [2.05, 4.69) is 10.3 Å². The number of nitrogens with one attached hydrogen (secondary N) is 1. The van der Waals surface area contributed by atoms with Crippen LogP contribution < -0.4 is 5.32 Å². The average Bonchev–Trinajstić information content (AvgIpc) is 3.10. The van der Waals surface area contributed by atoms with Crippen LogP contribution in [0.5, 0.6) is 0 Å². The number of amides is 2. The molecule has 0 bridgehead atoms. The molecular formula is C22H27N3O4. The zero-order valence-electron chi connectivity index (χ0n) is 17.0. The molecular weight excluding hydrogens is 370 g/mol. The third-order valence-corrected chi connectivity index (χ3v) is 4.56. The topological polar surface area (TPSA) is 80.8 Å². The molecule has 1 fully saturated rings. The van der Waals surface area contributed by atoms with Crippen molar-refractivity contribution < 1.29 is 19.1 Å². The first-order valence-corrected chi connectivity index (χ1v) is 9.68. The normalized spacial score (nSPS) is 18.9. The Morgan fingerprint density at radius 3 is 2.48 bits per heavy atom. The van der Waals surface area contributed by atoms with E-state index in [4.69, 9.17) is 9.47 Å². The van der Waals surface area contributed by atoms with Crippen LogP contribution in [0.4, 0.5) is 9.59 Å². The fourth-order valence-electron chi connectivity index (χ4n) is 3.24. The van der Waals surface area contributed by atoms with Crippen molar-refractivity contribution in [1.29, 1.82) is 0 Å². The van der Waals surface area contributed by atoms with E-state index in [1.165, 1.54) is 0 Å². The molecule has 1 saturated heterocycles. The lowest BCUT2D eigenvalue weighted by molar-refractivity contribution is 0.0288. The fraction of sp³-hybridized carbons (Fsp3) is 0.409. The maximum Gasteiger partial charge on any atom is 0.410 e. The molecule has 154 valence electrons. The first-order chi connectivity index (χ1) is 13.8. The number of aromatic nitrogens is 1. The van der Waals surface area contributed by atoms with Gasteiger partial charge in [-0.2, -0.15) is 0 Å². The van der Waals surface area contributed by atoms with Gasteiger partial charge in [-0.15, -0.1) is 0 Å². The van der Waals surface area contributed by atoms with Crippen LogP contribution in [0, 0.1) is 0 Å². The summed E-state index contributed by atoms with van der Waals surface area (Å²) >= 11 is 0. The average molecular weight is 397 g/mol. The Hall–Kier alpha value is -3.09. The van der Waals surface area contributed by atoms with Gasteiger partial charge >= 0.3 is 12.2 Å². The molecule has 0 unspecified atom stereocenters. The van der Waals surface area contributed by atoms with Gasteiger partial charge in [0.15, 0.2) is 0 Å². The summed E-state index contributed by atoms with van der Waals surface area (Å²) in [5.41, 5.74) is 1.13. The molecule has 1 N–H and O–H groups in total. The number of rotatable bonds is 4. The second-order valence-electron chi connectivity index (χ2n) is 8.06. The molecule has 7 heteroatoms. The van der Waals surface area contributed by atoms with Crippen molar-refractivity contribution in [2.45, 2.75) is 44.9 Å². The predicted octanol–water partition coefficient (Wildman–Crippen LogP) is 3.71. The minimum atomic E-state index is -0.586. The van der Waals surface area contributed by atoms with Gasteiger partial charge in [0.1, 0.15) is 12.2 Å². The highest BCUT2D eigenvalue weighted by molar-refractivity contribution is 5.70. The summed E-state index contributed by atoms with van der Waals surface area (Å²) < 4.78 is 10.8. The van der Waals surface area contributed by atoms with E-state index in [0.717, 1.165) is 11.3 Å². The highest BCUT2D eigenvalue weighted by Gasteiger charge is 2.39. The number of carbonyl (C=O) groups is 2. The Kier molecular flexibility index (Phi) is 6.36. The van der Waals surface area contributed by atoms with Gasteiger partial charge in [-0.05, 0) is 38.5 Å². The van der Waals surface area contributed by atoms with Gasteiger partial charge < -0.3 is 19.7 Å². The Morgan fingerprint density at radius 2 is 1.83 bits per heavy atom. The van der Waals surface area contributed by atoms with Crippen LogP contribution in [-0.2, 0) is 16.1 Å². The van der Waals surface area contributed by atoms with E-state index in [0.29, 0.717) is 13.1 Å². The van der Waals surface area contributed by atoms with Crippen LogP contribution in [0.2, 0.25) is 0 Å². The van der Waals surface area contributed by atoms with Gasteiger partial charge in [-0.1, -0.05) is 36.4 Å². The van der Waals surface area contributed by atoms with E-state index in [9.17, 15) is 9.59 Å². The number of hydrogen-bond donors (Lipinski definition) is 1. The zero-order chi connectivity index (χ0) is 20.9. The Labute approximate surface area is 171 Å². The summed E-state index contributed by atoms with van der Waals surface area (Å²) in [5.74, 6) is -0.145. The molecule has 1 aliphatic rings. The van der Waals surface area contributed by atoms with Gasteiger partial charge in [0.2, 0.25) is 0 Å². The fourth-order valence-corrected chi connectivity index (χ4v) is 3.24. The number of hydrogen-bond acceptors (Lipinski definition) is 5. The number of pyridine rings is 1. The maximum atomic E-state index is 12.5. The molecule has 1 aromatic carbocycles. The first kappa shape index (κ1) is 20.6.